The third-order valence-electron chi connectivity index (χ3n) is 3.61. The second-order valence-electron chi connectivity index (χ2n) is 6.78. The number of benzene rings is 2. The van der Waals surface area contributed by atoms with Gasteiger partial charge in [-0.05, 0) is 23.8 Å². The predicted octanol–water partition coefficient (Wildman–Crippen LogP) is 3.96. The smallest absolute Gasteiger partial charge is 0.245 e. The molecule has 0 saturated carbocycles. The van der Waals surface area contributed by atoms with Crippen LogP contribution in [0.4, 0.5) is 11.4 Å². The van der Waals surface area contributed by atoms with Crippen molar-refractivity contribution in [3.63, 3.8) is 0 Å². The number of carbonyl (C=O) groups is 2. The van der Waals surface area contributed by atoms with Gasteiger partial charge in [-0.2, -0.15) is 0 Å². The Morgan fingerprint density at radius 1 is 1.04 bits per heavy atom. The Kier molecular flexibility index (Phi) is 5.82. The Morgan fingerprint density at radius 3 is 2.24 bits per heavy atom. The number of anilines is 2. The van der Waals surface area contributed by atoms with E-state index in [0.717, 1.165) is 5.56 Å². The van der Waals surface area contributed by atoms with Crippen molar-refractivity contribution in [2.75, 3.05) is 10.6 Å². The molecule has 0 bridgehead atoms. The first-order chi connectivity index (χ1) is 11.7. The highest BCUT2D eigenvalue weighted by atomic mass is 35.5. The summed E-state index contributed by atoms with van der Waals surface area (Å²) in [6, 6.07) is 13.2. The Labute approximate surface area is 152 Å². The topological polar surface area (TPSA) is 84.2 Å². The van der Waals surface area contributed by atoms with E-state index in [1.165, 1.54) is 0 Å². The normalized spacial score (nSPS) is 12.4. The molecule has 4 N–H and O–H groups in total. The zero-order chi connectivity index (χ0) is 18.6. The largest absolute Gasteiger partial charge is 0.324 e. The van der Waals surface area contributed by atoms with Crippen LogP contribution in [0.25, 0.3) is 0 Å². The highest BCUT2D eigenvalue weighted by Crippen LogP contribution is 2.28. The van der Waals surface area contributed by atoms with Crippen LogP contribution in [-0.2, 0) is 9.59 Å². The number of amides is 2. The lowest BCUT2D eigenvalue weighted by atomic mass is 9.95. The number of nitrogens with one attached hydrogen (secondary N) is 2. The summed E-state index contributed by atoms with van der Waals surface area (Å²) < 4.78 is 0. The Morgan fingerprint density at radius 2 is 1.68 bits per heavy atom. The minimum absolute atomic E-state index is 0.141. The van der Waals surface area contributed by atoms with E-state index >= 15 is 0 Å². The lowest BCUT2D eigenvalue weighted by Crippen LogP contribution is -2.28. The average Bonchev–Trinajstić information content (AvgIpc) is 2.56. The maximum absolute atomic E-state index is 12.3. The standard InChI is InChI=1S/C19H22ClN3O2/c1-19(2,3)18(25)23-15-10-9-13(11-14(15)20)22-17(24)16(21)12-7-5-4-6-8-12/h4-11,16H,21H2,1-3H3,(H,22,24)(H,23,25)/t16-/m1/s1. The van der Waals surface area contributed by atoms with Crippen LogP contribution in [0.5, 0.6) is 0 Å². The molecule has 0 fully saturated rings. The van der Waals surface area contributed by atoms with Crippen LogP contribution in [0.15, 0.2) is 48.5 Å². The first kappa shape index (κ1) is 19.0. The third kappa shape index (κ3) is 5.05. The highest BCUT2D eigenvalue weighted by Gasteiger charge is 2.22. The van der Waals surface area contributed by atoms with Gasteiger partial charge in [-0.1, -0.05) is 62.7 Å². The minimum Gasteiger partial charge on any atom is -0.324 e. The lowest BCUT2D eigenvalue weighted by Gasteiger charge is -2.19. The van der Waals surface area contributed by atoms with Crippen molar-refractivity contribution in [1.29, 1.82) is 0 Å². The zero-order valence-electron chi connectivity index (χ0n) is 14.5. The van der Waals surface area contributed by atoms with Gasteiger partial charge in [0.05, 0.1) is 10.7 Å². The number of halogens is 1. The van der Waals surface area contributed by atoms with Gasteiger partial charge in [-0.15, -0.1) is 0 Å². The van der Waals surface area contributed by atoms with Crippen LogP contribution in [0.2, 0.25) is 5.02 Å². The monoisotopic (exact) mass is 359 g/mol. The van der Waals surface area contributed by atoms with Crippen molar-refractivity contribution in [3.05, 3.63) is 59.1 Å². The molecule has 0 aliphatic carbocycles. The Bertz CT molecular complexity index is 770. The van der Waals surface area contributed by atoms with E-state index < -0.39 is 11.5 Å². The molecule has 0 radical (unpaired) electrons. The van der Waals surface area contributed by atoms with Crippen LogP contribution >= 0.6 is 11.6 Å². The zero-order valence-corrected chi connectivity index (χ0v) is 15.2. The maximum Gasteiger partial charge on any atom is 0.245 e. The molecule has 1 atom stereocenters. The van der Waals surface area contributed by atoms with Gasteiger partial charge in [-0.25, -0.2) is 0 Å². The summed E-state index contributed by atoms with van der Waals surface area (Å²) in [5.41, 5.74) is 7.16. The van der Waals surface area contributed by atoms with Crippen molar-refractivity contribution < 1.29 is 9.59 Å². The van der Waals surface area contributed by atoms with E-state index in [4.69, 9.17) is 17.3 Å². The number of hydrogen-bond donors (Lipinski definition) is 3. The van der Waals surface area contributed by atoms with Gasteiger partial charge in [0.2, 0.25) is 11.8 Å². The molecule has 132 valence electrons. The molecular weight excluding hydrogens is 338 g/mol. The summed E-state index contributed by atoms with van der Waals surface area (Å²) in [5.74, 6) is -0.481. The first-order valence-electron chi connectivity index (χ1n) is 7.91. The van der Waals surface area contributed by atoms with E-state index in [9.17, 15) is 9.59 Å². The molecule has 0 unspecified atom stereocenters. The van der Waals surface area contributed by atoms with Crippen LogP contribution < -0.4 is 16.4 Å². The van der Waals surface area contributed by atoms with Crippen LogP contribution in [0.3, 0.4) is 0 Å². The van der Waals surface area contributed by atoms with Crippen molar-refractivity contribution in [3.8, 4) is 0 Å². The van der Waals surface area contributed by atoms with Crippen molar-refractivity contribution in [2.24, 2.45) is 11.1 Å². The SMILES string of the molecule is CC(C)(C)C(=O)Nc1ccc(NC(=O)[C@H](N)c2ccccc2)cc1Cl. The molecule has 2 aromatic rings. The summed E-state index contributed by atoms with van der Waals surface area (Å²) in [5, 5.41) is 5.84. The van der Waals surface area contributed by atoms with E-state index in [1.54, 1.807) is 30.3 Å². The molecule has 5 nitrogen and oxygen atoms in total. The fraction of sp³-hybridized carbons (Fsp3) is 0.263. The van der Waals surface area contributed by atoms with Crippen LogP contribution in [0.1, 0.15) is 32.4 Å². The molecule has 0 aromatic heterocycles. The molecule has 2 rings (SSSR count). The van der Waals surface area contributed by atoms with Gasteiger partial charge in [0, 0.05) is 11.1 Å². The summed E-state index contributed by atoms with van der Waals surface area (Å²) in [7, 11) is 0. The van der Waals surface area contributed by atoms with Crippen molar-refractivity contribution in [2.45, 2.75) is 26.8 Å². The minimum atomic E-state index is -0.778. The second kappa shape index (κ2) is 7.68. The van der Waals surface area contributed by atoms with E-state index in [0.29, 0.717) is 16.4 Å². The van der Waals surface area contributed by atoms with Gasteiger partial charge in [0.15, 0.2) is 0 Å². The fourth-order valence-corrected chi connectivity index (χ4v) is 2.26. The maximum atomic E-state index is 12.3. The second-order valence-corrected chi connectivity index (χ2v) is 7.18. The highest BCUT2D eigenvalue weighted by molar-refractivity contribution is 6.34. The first-order valence-corrected chi connectivity index (χ1v) is 8.28. The quantitative estimate of drug-likeness (QED) is 0.772. The molecule has 25 heavy (non-hydrogen) atoms. The fourth-order valence-electron chi connectivity index (χ4n) is 2.04. The number of carbonyl (C=O) groups excluding carboxylic acids is 2. The Balaban J connectivity index is 2.08. The lowest BCUT2D eigenvalue weighted by molar-refractivity contribution is -0.123. The Hall–Kier alpha value is -2.37. The van der Waals surface area contributed by atoms with E-state index in [2.05, 4.69) is 10.6 Å². The molecular formula is C19H22ClN3O2. The molecule has 2 aromatic carbocycles. The summed E-state index contributed by atoms with van der Waals surface area (Å²) >= 11 is 6.21. The molecule has 0 heterocycles. The predicted molar refractivity (Wildman–Crippen MR) is 102 cm³/mol. The van der Waals surface area contributed by atoms with Gasteiger partial charge >= 0.3 is 0 Å². The van der Waals surface area contributed by atoms with Gasteiger partial charge in [-0.3, -0.25) is 9.59 Å². The molecule has 0 spiro atoms. The third-order valence-corrected chi connectivity index (χ3v) is 3.92. The van der Waals surface area contributed by atoms with Gasteiger partial charge in [0.1, 0.15) is 6.04 Å². The summed E-state index contributed by atoms with van der Waals surface area (Å²) in [6.45, 7) is 5.45. The van der Waals surface area contributed by atoms with E-state index in [1.807, 2.05) is 39.0 Å². The molecule has 0 aliphatic heterocycles. The van der Waals surface area contributed by atoms with Crippen LogP contribution in [0, 0.1) is 5.41 Å². The van der Waals surface area contributed by atoms with Crippen molar-refractivity contribution >= 4 is 34.8 Å². The molecule has 2 amide bonds. The number of rotatable bonds is 4. The molecule has 6 heteroatoms. The molecule has 0 aliphatic rings. The molecule has 0 saturated heterocycles. The van der Waals surface area contributed by atoms with Gasteiger partial charge < -0.3 is 16.4 Å². The van der Waals surface area contributed by atoms with Crippen LogP contribution in [-0.4, -0.2) is 11.8 Å². The van der Waals surface area contributed by atoms with Gasteiger partial charge in [0.25, 0.3) is 0 Å². The summed E-state index contributed by atoms with van der Waals surface area (Å²) in [6.07, 6.45) is 0. The van der Waals surface area contributed by atoms with Crippen molar-refractivity contribution in [1.82, 2.24) is 0 Å². The number of hydrogen-bond acceptors (Lipinski definition) is 3. The summed E-state index contributed by atoms with van der Waals surface area (Å²) in [4.78, 5) is 24.3. The number of nitrogens with two attached hydrogens (primary N) is 1. The average molecular weight is 360 g/mol. The van der Waals surface area contributed by atoms with E-state index in [-0.39, 0.29) is 11.8 Å².